The first-order chi connectivity index (χ1) is 9.31. The van der Waals surface area contributed by atoms with Gasteiger partial charge in [0.05, 0.1) is 0 Å². The summed E-state index contributed by atoms with van der Waals surface area (Å²) in [5.74, 6) is 3.46. The molecule has 3 heterocycles. The normalized spacial score (nSPS) is 30.6. The van der Waals surface area contributed by atoms with Gasteiger partial charge in [-0.05, 0) is 49.5 Å². The fourth-order valence-corrected chi connectivity index (χ4v) is 3.59. The van der Waals surface area contributed by atoms with E-state index in [9.17, 15) is 0 Å². The van der Waals surface area contributed by atoms with Crippen LogP contribution in [0.5, 0.6) is 11.5 Å². The largest absolute Gasteiger partial charge is 0.454 e. The SMILES string of the molecule is CC(c1ccc2c(c1)OCO2)N1C[C@H]2CNC[C@H]2C1. The Bertz CT molecular complexity index is 479. The van der Waals surface area contributed by atoms with Crippen LogP contribution in [0.4, 0.5) is 0 Å². The van der Waals surface area contributed by atoms with Gasteiger partial charge in [0, 0.05) is 19.1 Å². The van der Waals surface area contributed by atoms with Crippen LogP contribution in [0.1, 0.15) is 18.5 Å². The highest BCUT2D eigenvalue weighted by Crippen LogP contribution is 2.37. The molecule has 0 amide bonds. The maximum Gasteiger partial charge on any atom is 0.231 e. The monoisotopic (exact) mass is 260 g/mol. The molecule has 0 spiro atoms. The van der Waals surface area contributed by atoms with Crippen LogP contribution in [-0.2, 0) is 0 Å². The van der Waals surface area contributed by atoms with E-state index in [0.717, 1.165) is 23.3 Å². The molecule has 3 aliphatic heterocycles. The Kier molecular flexibility index (Phi) is 2.67. The van der Waals surface area contributed by atoms with Gasteiger partial charge in [-0.1, -0.05) is 6.07 Å². The van der Waals surface area contributed by atoms with Gasteiger partial charge in [-0.3, -0.25) is 4.90 Å². The zero-order valence-corrected chi connectivity index (χ0v) is 11.3. The lowest BCUT2D eigenvalue weighted by atomic mass is 10.0. The Morgan fingerprint density at radius 3 is 2.68 bits per heavy atom. The lowest BCUT2D eigenvalue weighted by Crippen LogP contribution is -2.28. The number of hydrogen-bond donors (Lipinski definition) is 1. The van der Waals surface area contributed by atoms with E-state index in [1.54, 1.807) is 0 Å². The van der Waals surface area contributed by atoms with E-state index >= 15 is 0 Å². The molecule has 1 unspecified atom stereocenters. The number of likely N-dealkylation sites (tertiary alicyclic amines) is 1. The van der Waals surface area contributed by atoms with E-state index in [2.05, 4.69) is 29.3 Å². The van der Waals surface area contributed by atoms with Crippen molar-refractivity contribution in [1.29, 1.82) is 0 Å². The number of hydrogen-bond acceptors (Lipinski definition) is 4. The van der Waals surface area contributed by atoms with E-state index in [1.165, 1.54) is 31.7 Å². The molecule has 1 aromatic carbocycles. The summed E-state index contributed by atoms with van der Waals surface area (Å²) >= 11 is 0. The van der Waals surface area contributed by atoms with Crippen molar-refractivity contribution >= 4 is 0 Å². The molecule has 0 saturated carbocycles. The minimum Gasteiger partial charge on any atom is -0.454 e. The summed E-state index contributed by atoms with van der Waals surface area (Å²) < 4.78 is 10.9. The van der Waals surface area contributed by atoms with Crippen molar-refractivity contribution < 1.29 is 9.47 Å². The molecule has 0 aromatic heterocycles. The zero-order valence-electron chi connectivity index (χ0n) is 11.3. The molecule has 0 radical (unpaired) electrons. The van der Waals surface area contributed by atoms with Crippen LogP contribution >= 0.6 is 0 Å². The van der Waals surface area contributed by atoms with Gasteiger partial charge in [0.2, 0.25) is 6.79 Å². The fourth-order valence-electron chi connectivity index (χ4n) is 3.59. The summed E-state index contributed by atoms with van der Waals surface area (Å²) in [5, 5.41) is 3.49. The van der Waals surface area contributed by atoms with Crippen LogP contribution < -0.4 is 14.8 Å². The topological polar surface area (TPSA) is 33.7 Å². The number of ether oxygens (including phenoxy) is 2. The van der Waals surface area contributed by atoms with Crippen molar-refractivity contribution in [3.63, 3.8) is 0 Å². The third-order valence-electron chi connectivity index (χ3n) is 4.84. The minimum atomic E-state index is 0.354. The lowest BCUT2D eigenvalue weighted by Gasteiger charge is -2.25. The Morgan fingerprint density at radius 1 is 1.16 bits per heavy atom. The number of fused-ring (bicyclic) bond motifs is 2. The van der Waals surface area contributed by atoms with E-state index < -0.39 is 0 Å². The van der Waals surface area contributed by atoms with Gasteiger partial charge < -0.3 is 14.8 Å². The predicted molar refractivity (Wildman–Crippen MR) is 72.4 cm³/mol. The molecule has 4 rings (SSSR count). The van der Waals surface area contributed by atoms with Crippen molar-refractivity contribution in [2.75, 3.05) is 33.0 Å². The number of benzene rings is 1. The van der Waals surface area contributed by atoms with Crippen molar-refractivity contribution in [3.05, 3.63) is 23.8 Å². The van der Waals surface area contributed by atoms with Crippen molar-refractivity contribution in [2.24, 2.45) is 11.8 Å². The van der Waals surface area contributed by atoms with E-state index in [4.69, 9.17) is 9.47 Å². The van der Waals surface area contributed by atoms with Gasteiger partial charge in [-0.2, -0.15) is 0 Å². The molecule has 1 N–H and O–H groups in total. The summed E-state index contributed by atoms with van der Waals surface area (Å²) in [7, 11) is 0. The molecule has 3 aliphatic rings. The molecule has 0 bridgehead atoms. The van der Waals surface area contributed by atoms with E-state index in [0.29, 0.717) is 12.8 Å². The quantitative estimate of drug-likeness (QED) is 0.876. The van der Waals surface area contributed by atoms with Gasteiger partial charge in [0.1, 0.15) is 0 Å². The Balaban J connectivity index is 1.53. The predicted octanol–water partition coefficient (Wildman–Crippen LogP) is 1.63. The number of rotatable bonds is 2. The molecular formula is C15H20N2O2. The van der Waals surface area contributed by atoms with Crippen LogP contribution in [0.15, 0.2) is 18.2 Å². The lowest BCUT2D eigenvalue weighted by molar-refractivity contribution is 0.173. The molecule has 1 aromatic rings. The third kappa shape index (κ3) is 1.90. The second-order valence-corrected chi connectivity index (χ2v) is 5.92. The van der Waals surface area contributed by atoms with Crippen LogP contribution in [0.3, 0.4) is 0 Å². The molecule has 4 heteroatoms. The summed E-state index contributed by atoms with van der Waals surface area (Å²) in [6.45, 7) is 7.46. The van der Waals surface area contributed by atoms with Crippen molar-refractivity contribution in [3.8, 4) is 11.5 Å². The summed E-state index contributed by atoms with van der Waals surface area (Å²) in [4.78, 5) is 2.60. The Hall–Kier alpha value is -1.26. The average Bonchev–Trinajstić information content (AvgIpc) is 3.11. The molecule has 102 valence electrons. The first-order valence-corrected chi connectivity index (χ1v) is 7.15. The maximum absolute atomic E-state index is 5.48. The highest BCUT2D eigenvalue weighted by Gasteiger charge is 2.38. The summed E-state index contributed by atoms with van der Waals surface area (Å²) in [5.41, 5.74) is 1.33. The summed E-state index contributed by atoms with van der Waals surface area (Å²) in [6.07, 6.45) is 0. The second kappa shape index (κ2) is 4.39. The van der Waals surface area contributed by atoms with Gasteiger partial charge in [-0.15, -0.1) is 0 Å². The van der Waals surface area contributed by atoms with E-state index in [1.807, 2.05) is 6.07 Å². The maximum atomic E-state index is 5.48. The van der Waals surface area contributed by atoms with Gasteiger partial charge >= 0.3 is 0 Å². The molecule has 2 saturated heterocycles. The smallest absolute Gasteiger partial charge is 0.231 e. The number of nitrogens with one attached hydrogen (secondary N) is 1. The second-order valence-electron chi connectivity index (χ2n) is 5.92. The van der Waals surface area contributed by atoms with E-state index in [-0.39, 0.29) is 0 Å². The third-order valence-corrected chi connectivity index (χ3v) is 4.84. The first kappa shape index (κ1) is 11.6. The first-order valence-electron chi connectivity index (χ1n) is 7.15. The molecular weight excluding hydrogens is 240 g/mol. The van der Waals surface area contributed by atoms with Crippen molar-refractivity contribution in [1.82, 2.24) is 10.2 Å². The number of nitrogens with zero attached hydrogens (tertiary/aromatic N) is 1. The Labute approximate surface area is 113 Å². The highest BCUT2D eigenvalue weighted by molar-refractivity contribution is 5.45. The highest BCUT2D eigenvalue weighted by atomic mass is 16.7. The molecule has 0 aliphatic carbocycles. The van der Waals surface area contributed by atoms with Crippen LogP contribution in [0.2, 0.25) is 0 Å². The molecule has 19 heavy (non-hydrogen) atoms. The van der Waals surface area contributed by atoms with Crippen LogP contribution in [0, 0.1) is 11.8 Å². The molecule has 4 nitrogen and oxygen atoms in total. The van der Waals surface area contributed by atoms with Crippen LogP contribution in [0.25, 0.3) is 0 Å². The fraction of sp³-hybridized carbons (Fsp3) is 0.600. The minimum absolute atomic E-state index is 0.354. The van der Waals surface area contributed by atoms with Crippen LogP contribution in [-0.4, -0.2) is 37.9 Å². The standard InChI is InChI=1S/C15H20N2O2/c1-10(17-7-12-5-16-6-13(12)8-17)11-2-3-14-15(4-11)19-9-18-14/h2-4,10,12-13,16H,5-9H2,1H3/t10?,12-,13+. The van der Waals surface area contributed by atoms with Crippen molar-refractivity contribution in [2.45, 2.75) is 13.0 Å². The van der Waals surface area contributed by atoms with Gasteiger partial charge in [0.15, 0.2) is 11.5 Å². The Morgan fingerprint density at radius 2 is 1.89 bits per heavy atom. The van der Waals surface area contributed by atoms with Gasteiger partial charge in [0.25, 0.3) is 0 Å². The molecule has 2 fully saturated rings. The van der Waals surface area contributed by atoms with Gasteiger partial charge in [-0.25, -0.2) is 0 Å². The summed E-state index contributed by atoms with van der Waals surface area (Å²) in [6, 6.07) is 6.80. The average molecular weight is 260 g/mol. The molecule has 3 atom stereocenters. The zero-order chi connectivity index (χ0) is 12.8.